The number of piperazine rings is 1. The van der Waals surface area contributed by atoms with Crippen LogP contribution in [0.25, 0.3) is 0 Å². The highest BCUT2D eigenvalue weighted by atomic mass is 19.1. The number of aromatic hydroxyl groups is 1. The number of phenolic OH excluding ortho intramolecular Hbond substituents is 1. The van der Waals surface area contributed by atoms with E-state index in [1.165, 1.54) is 13.2 Å². The fourth-order valence-corrected chi connectivity index (χ4v) is 3.65. The van der Waals surface area contributed by atoms with Crippen LogP contribution >= 0.6 is 0 Å². The van der Waals surface area contributed by atoms with Crippen LogP contribution in [0.1, 0.15) is 17.5 Å². The second-order valence-electron chi connectivity index (χ2n) is 7.00. The van der Waals surface area contributed by atoms with Crippen molar-refractivity contribution in [2.75, 3.05) is 33.4 Å². The van der Waals surface area contributed by atoms with Crippen LogP contribution in [0, 0.1) is 5.82 Å². The first-order valence-corrected chi connectivity index (χ1v) is 9.26. The Morgan fingerprint density at radius 3 is 2.70 bits per heavy atom. The first-order chi connectivity index (χ1) is 13.1. The molecular formula is C21H27FN2O3. The molecule has 1 atom stereocenters. The summed E-state index contributed by atoms with van der Waals surface area (Å²) in [6.45, 7) is 3.83. The lowest BCUT2D eigenvalue weighted by Crippen LogP contribution is -2.52. The molecule has 0 spiro atoms. The number of methoxy groups -OCH3 is 1. The van der Waals surface area contributed by atoms with Gasteiger partial charge in [0.1, 0.15) is 17.3 Å². The maximum atomic E-state index is 14.3. The molecule has 27 heavy (non-hydrogen) atoms. The number of hydrogen-bond donors (Lipinski definition) is 2. The summed E-state index contributed by atoms with van der Waals surface area (Å²) in [6, 6.07) is 12.4. The van der Waals surface area contributed by atoms with Gasteiger partial charge in [-0.2, -0.15) is 0 Å². The number of aliphatic hydroxyl groups excluding tert-OH is 1. The van der Waals surface area contributed by atoms with Gasteiger partial charge in [0.2, 0.25) is 0 Å². The Morgan fingerprint density at radius 2 is 2.00 bits per heavy atom. The van der Waals surface area contributed by atoms with Gasteiger partial charge in [-0.3, -0.25) is 9.80 Å². The van der Waals surface area contributed by atoms with Gasteiger partial charge in [0.15, 0.2) is 0 Å². The highest BCUT2D eigenvalue weighted by Crippen LogP contribution is 2.22. The molecule has 1 aliphatic heterocycles. The minimum absolute atomic E-state index is 0.103. The molecule has 1 unspecified atom stereocenters. The van der Waals surface area contributed by atoms with E-state index in [9.17, 15) is 14.6 Å². The molecule has 146 valence electrons. The summed E-state index contributed by atoms with van der Waals surface area (Å²) in [4.78, 5) is 4.55. The molecule has 2 aromatic carbocycles. The number of hydrogen-bond acceptors (Lipinski definition) is 5. The van der Waals surface area contributed by atoms with E-state index in [-0.39, 0.29) is 24.2 Å². The normalized spacial score (nSPS) is 18.6. The van der Waals surface area contributed by atoms with E-state index in [4.69, 9.17) is 4.74 Å². The lowest BCUT2D eigenvalue weighted by molar-refractivity contribution is 0.0492. The Kier molecular flexibility index (Phi) is 6.66. The summed E-state index contributed by atoms with van der Waals surface area (Å²) >= 11 is 0. The Bertz CT molecular complexity index is 756. The fraction of sp³-hybridized carbons (Fsp3) is 0.429. The van der Waals surface area contributed by atoms with Crippen LogP contribution in [-0.2, 0) is 13.1 Å². The van der Waals surface area contributed by atoms with E-state index < -0.39 is 0 Å². The molecule has 1 aliphatic rings. The van der Waals surface area contributed by atoms with Gasteiger partial charge in [0.05, 0.1) is 7.11 Å². The van der Waals surface area contributed by atoms with E-state index >= 15 is 0 Å². The van der Waals surface area contributed by atoms with Crippen molar-refractivity contribution in [3.05, 3.63) is 59.4 Å². The van der Waals surface area contributed by atoms with E-state index in [0.29, 0.717) is 24.3 Å². The van der Waals surface area contributed by atoms with Crippen molar-refractivity contribution in [3.63, 3.8) is 0 Å². The lowest BCUT2D eigenvalue weighted by atomic mass is 10.1. The summed E-state index contributed by atoms with van der Waals surface area (Å²) in [5.74, 6) is 0.520. The van der Waals surface area contributed by atoms with Crippen molar-refractivity contribution < 1.29 is 19.3 Å². The molecule has 3 rings (SSSR count). The molecule has 0 bridgehead atoms. The third kappa shape index (κ3) is 5.19. The Labute approximate surface area is 159 Å². The van der Waals surface area contributed by atoms with Crippen LogP contribution in [0.2, 0.25) is 0 Å². The monoisotopic (exact) mass is 374 g/mol. The van der Waals surface area contributed by atoms with E-state index in [2.05, 4.69) is 9.80 Å². The predicted octanol–water partition coefficient (Wildman–Crippen LogP) is 2.61. The predicted molar refractivity (Wildman–Crippen MR) is 102 cm³/mol. The Balaban J connectivity index is 1.65. The maximum absolute atomic E-state index is 14.3. The number of nitrogens with zero attached hydrogens (tertiary/aromatic N) is 2. The highest BCUT2D eigenvalue weighted by molar-refractivity contribution is 5.29. The van der Waals surface area contributed by atoms with Crippen LogP contribution in [0.4, 0.5) is 4.39 Å². The van der Waals surface area contributed by atoms with E-state index in [1.807, 2.05) is 12.1 Å². The van der Waals surface area contributed by atoms with Gasteiger partial charge in [0, 0.05) is 57.0 Å². The highest BCUT2D eigenvalue weighted by Gasteiger charge is 2.27. The SMILES string of the molecule is COc1ccc(CN2CCN(Cc3cccc(O)c3)CC2CCO)c(F)c1. The van der Waals surface area contributed by atoms with Gasteiger partial charge in [-0.15, -0.1) is 0 Å². The second kappa shape index (κ2) is 9.17. The third-order valence-corrected chi connectivity index (χ3v) is 5.10. The zero-order valence-electron chi connectivity index (χ0n) is 15.6. The molecule has 0 radical (unpaired) electrons. The average Bonchev–Trinajstić information content (AvgIpc) is 2.65. The first-order valence-electron chi connectivity index (χ1n) is 9.26. The lowest BCUT2D eigenvalue weighted by Gasteiger charge is -2.41. The van der Waals surface area contributed by atoms with Crippen molar-refractivity contribution in [1.29, 1.82) is 0 Å². The summed E-state index contributed by atoms with van der Waals surface area (Å²) < 4.78 is 19.4. The van der Waals surface area contributed by atoms with Gasteiger partial charge in [0.25, 0.3) is 0 Å². The van der Waals surface area contributed by atoms with Crippen LogP contribution in [0.15, 0.2) is 42.5 Å². The fourth-order valence-electron chi connectivity index (χ4n) is 3.65. The Morgan fingerprint density at radius 1 is 1.15 bits per heavy atom. The average molecular weight is 374 g/mol. The van der Waals surface area contributed by atoms with Crippen LogP contribution < -0.4 is 4.74 Å². The van der Waals surface area contributed by atoms with Crippen LogP contribution in [0.3, 0.4) is 0 Å². The molecule has 2 N–H and O–H groups in total. The van der Waals surface area contributed by atoms with Gasteiger partial charge >= 0.3 is 0 Å². The molecule has 5 nitrogen and oxygen atoms in total. The number of benzene rings is 2. The molecule has 0 aliphatic carbocycles. The molecule has 0 saturated carbocycles. The first kappa shape index (κ1) is 19.6. The number of phenols is 1. The minimum atomic E-state index is -0.265. The quantitative estimate of drug-likeness (QED) is 0.780. The zero-order valence-corrected chi connectivity index (χ0v) is 15.6. The number of ether oxygens (including phenoxy) is 1. The minimum Gasteiger partial charge on any atom is -0.508 e. The molecule has 0 aromatic heterocycles. The molecule has 1 fully saturated rings. The van der Waals surface area contributed by atoms with Crippen molar-refractivity contribution in [2.24, 2.45) is 0 Å². The van der Waals surface area contributed by atoms with E-state index in [0.717, 1.165) is 31.7 Å². The number of rotatable bonds is 7. The maximum Gasteiger partial charge on any atom is 0.131 e. The van der Waals surface area contributed by atoms with Gasteiger partial charge in [-0.25, -0.2) is 4.39 Å². The zero-order chi connectivity index (χ0) is 19.2. The largest absolute Gasteiger partial charge is 0.508 e. The van der Waals surface area contributed by atoms with Crippen molar-refractivity contribution in [1.82, 2.24) is 9.80 Å². The van der Waals surface area contributed by atoms with Gasteiger partial charge < -0.3 is 14.9 Å². The summed E-state index contributed by atoms with van der Waals surface area (Å²) in [6.07, 6.45) is 0.647. The Hall–Kier alpha value is -2.15. The van der Waals surface area contributed by atoms with Gasteiger partial charge in [-0.1, -0.05) is 18.2 Å². The molecule has 1 heterocycles. The molecular weight excluding hydrogens is 347 g/mol. The summed E-state index contributed by atoms with van der Waals surface area (Å²) in [5.41, 5.74) is 1.70. The smallest absolute Gasteiger partial charge is 0.131 e. The van der Waals surface area contributed by atoms with E-state index in [1.54, 1.807) is 24.3 Å². The molecule has 6 heteroatoms. The van der Waals surface area contributed by atoms with Crippen molar-refractivity contribution in [2.45, 2.75) is 25.6 Å². The summed E-state index contributed by atoms with van der Waals surface area (Å²) in [7, 11) is 1.53. The standard InChI is InChI=1S/C21H27FN2O3/c1-27-20-6-5-17(21(22)12-20)14-24-9-8-23(15-18(24)7-10-25)13-16-3-2-4-19(26)11-16/h2-6,11-12,18,25-26H,7-10,13-15H2,1H3. The summed E-state index contributed by atoms with van der Waals surface area (Å²) in [5, 5.41) is 19.1. The molecule has 2 aromatic rings. The van der Waals surface area contributed by atoms with Gasteiger partial charge in [-0.05, 0) is 30.2 Å². The third-order valence-electron chi connectivity index (χ3n) is 5.10. The molecule has 0 amide bonds. The van der Waals surface area contributed by atoms with Crippen LogP contribution in [-0.4, -0.2) is 59.4 Å². The second-order valence-corrected chi connectivity index (χ2v) is 7.00. The topological polar surface area (TPSA) is 56.2 Å². The van der Waals surface area contributed by atoms with Crippen molar-refractivity contribution >= 4 is 0 Å². The number of aliphatic hydroxyl groups is 1. The number of halogens is 1. The van der Waals surface area contributed by atoms with Crippen LogP contribution in [0.5, 0.6) is 11.5 Å². The molecule has 1 saturated heterocycles. The van der Waals surface area contributed by atoms with Crippen molar-refractivity contribution in [3.8, 4) is 11.5 Å².